The van der Waals surface area contributed by atoms with Crippen molar-refractivity contribution in [1.82, 2.24) is 4.98 Å². The number of aromatic nitrogens is 1. The summed E-state index contributed by atoms with van der Waals surface area (Å²) in [5, 5.41) is 2.78. The van der Waals surface area contributed by atoms with Gasteiger partial charge in [-0.2, -0.15) is 0 Å². The van der Waals surface area contributed by atoms with Crippen LogP contribution in [-0.4, -0.2) is 25.9 Å². The van der Waals surface area contributed by atoms with Crippen molar-refractivity contribution in [2.75, 3.05) is 16.2 Å². The zero-order valence-corrected chi connectivity index (χ0v) is 16.2. The van der Waals surface area contributed by atoms with Crippen molar-refractivity contribution in [2.45, 2.75) is 18.2 Å². The quantitative estimate of drug-likeness (QED) is 0.728. The second kappa shape index (κ2) is 6.79. The fourth-order valence-electron chi connectivity index (χ4n) is 3.13. The number of nitrogens with one attached hydrogen (secondary N) is 1. The summed E-state index contributed by atoms with van der Waals surface area (Å²) in [6, 6.07) is 12.0. The summed E-state index contributed by atoms with van der Waals surface area (Å²) >= 11 is 1.53. The molecule has 0 unspecified atom stereocenters. The number of hydrogen-bond acceptors (Lipinski definition) is 5. The highest BCUT2D eigenvalue weighted by molar-refractivity contribution is 7.92. The summed E-state index contributed by atoms with van der Waals surface area (Å²) in [6.45, 7) is 2.09. The molecule has 1 aromatic heterocycles. The summed E-state index contributed by atoms with van der Waals surface area (Å²) in [5.74, 6) is -0.0391. The monoisotopic (exact) mass is 399 g/mol. The van der Waals surface area contributed by atoms with Gasteiger partial charge in [0.2, 0.25) is 5.91 Å². The molecule has 1 amide bonds. The molecule has 0 saturated heterocycles. The van der Waals surface area contributed by atoms with Gasteiger partial charge in [-0.3, -0.25) is 9.52 Å². The van der Waals surface area contributed by atoms with E-state index in [4.69, 9.17) is 0 Å². The number of sulfonamides is 1. The Kier molecular flexibility index (Phi) is 4.45. The third-order valence-corrected chi connectivity index (χ3v) is 6.65. The molecular weight excluding hydrogens is 382 g/mol. The topological polar surface area (TPSA) is 79.4 Å². The minimum atomic E-state index is -3.71. The van der Waals surface area contributed by atoms with E-state index in [0.29, 0.717) is 18.7 Å². The van der Waals surface area contributed by atoms with Crippen molar-refractivity contribution in [2.24, 2.45) is 0 Å². The molecular formula is C19H17N3O3S2. The first kappa shape index (κ1) is 17.7. The summed E-state index contributed by atoms with van der Waals surface area (Å²) in [4.78, 5) is 17.7. The van der Waals surface area contributed by atoms with E-state index in [2.05, 4.69) is 9.71 Å². The molecule has 1 N–H and O–H groups in total. The van der Waals surface area contributed by atoms with Gasteiger partial charge in [0.15, 0.2) is 0 Å². The molecule has 0 bridgehead atoms. The molecule has 0 aliphatic carbocycles. The Hall–Kier alpha value is -2.71. The molecule has 3 aromatic rings. The Labute approximate surface area is 161 Å². The standard InChI is InChI=1S/C19H17N3O3S2/c1-13(23)22-10-8-15-12-17(6-7-18(15)22)27(24,25)21-16-4-2-14(3-5-16)19-20-9-11-26-19/h2-7,9,11-12,21H,8,10H2,1H3. The highest BCUT2D eigenvalue weighted by Crippen LogP contribution is 2.31. The molecule has 1 aliphatic heterocycles. The maximum Gasteiger partial charge on any atom is 0.261 e. The number of carbonyl (C=O) groups is 1. The SMILES string of the molecule is CC(=O)N1CCc2cc(S(=O)(=O)Nc3ccc(-c4nccs4)cc3)ccc21. The number of amides is 1. The molecule has 27 heavy (non-hydrogen) atoms. The first-order valence-electron chi connectivity index (χ1n) is 8.38. The van der Waals surface area contributed by atoms with Crippen LogP contribution in [0.3, 0.4) is 0 Å². The molecule has 2 heterocycles. The minimum absolute atomic E-state index is 0.0391. The van der Waals surface area contributed by atoms with Crippen LogP contribution in [0.4, 0.5) is 11.4 Å². The second-order valence-electron chi connectivity index (χ2n) is 6.23. The lowest BCUT2D eigenvalue weighted by Gasteiger charge is -2.15. The number of hydrogen-bond donors (Lipinski definition) is 1. The molecule has 138 valence electrons. The van der Waals surface area contributed by atoms with E-state index in [1.807, 2.05) is 17.5 Å². The summed E-state index contributed by atoms with van der Waals surface area (Å²) < 4.78 is 28.1. The van der Waals surface area contributed by atoms with Crippen LogP contribution in [0.15, 0.2) is 58.9 Å². The Morgan fingerprint density at radius 1 is 1.19 bits per heavy atom. The zero-order chi connectivity index (χ0) is 19.0. The molecule has 2 aromatic carbocycles. The van der Waals surface area contributed by atoms with Crippen LogP contribution in [0.2, 0.25) is 0 Å². The van der Waals surface area contributed by atoms with Gasteiger partial charge in [-0.25, -0.2) is 13.4 Å². The molecule has 6 nitrogen and oxygen atoms in total. The van der Waals surface area contributed by atoms with E-state index in [1.165, 1.54) is 24.3 Å². The van der Waals surface area contributed by atoms with Gasteiger partial charge in [0.05, 0.1) is 4.90 Å². The number of rotatable bonds is 4. The summed E-state index contributed by atoms with van der Waals surface area (Å²) in [7, 11) is -3.71. The van der Waals surface area contributed by atoms with Gasteiger partial charge in [-0.05, 0) is 54.4 Å². The zero-order valence-electron chi connectivity index (χ0n) is 14.5. The third-order valence-electron chi connectivity index (χ3n) is 4.45. The van der Waals surface area contributed by atoms with Crippen LogP contribution in [-0.2, 0) is 21.2 Å². The van der Waals surface area contributed by atoms with Crippen molar-refractivity contribution in [3.63, 3.8) is 0 Å². The van der Waals surface area contributed by atoms with Crippen molar-refractivity contribution in [3.8, 4) is 10.6 Å². The molecule has 0 atom stereocenters. The van der Waals surface area contributed by atoms with E-state index < -0.39 is 10.0 Å². The summed E-state index contributed by atoms with van der Waals surface area (Å²) in [6.07, 6.45) is 2.39. The van der Waals surface area contributed by atoms with Gasteiger partial charge in [-0.15, -0.1) is 11.3 Å². The number of carbonyl (C=O) groups excluding carboxylic acids is 1. The maximum atomic E-state index is 12.7. The third kappa shape index (κ3) is 3.45. The lowest BCUT2D eigenvalue weighted by Crippen LogP contribution is -2.25. The fraction of sp³-hybridized carbons (Fsp3) is 0.158. The maximum absolute atomic E-state index is 12.7. The first-order valence-corrected chi connectivity index (χ1v) is 10.7. The predicted octanol–water partition coefficient (Wildman–Crippen LogP) is 3.52. The van der Waals surface area contributed by atoms with Crippen molar-refractivity contribution in [1.29, 1.82) is 0 Å². The van der Waals surface area contributed by atoms with Crippen molar-refractivity contribution < 1.29 is 13.2 Å². The van der Waals surface area contributed by atoms with Crippen LogP contribution < -0.4 is 9.62 Å². The van der Waals surface area contributed by atoms with Crippen molar-refractivity contribution >= 4 is 38.6 Å². The second-order valence-corrected chi connectivity index (χ2v) is 8.81. The number of thiazole rings is 1. The Morgan fingerprint density at radius 3 is 2.63 bits per heavy atom. The molecule has 0 fully saturated rings. The smallest absolute Gasteiger partial charge is 0.261 e. The van der Waals surface area contributed by atoms with Crippen molar-refractivity contribution in [3.05, 3.63) is 59.6 Å². The van der Waals surface area contributed by atoms with E-state index in [-0.39, 0.29) is 10.8 Å². The number of nitrogens with zero attached hydrogens (tertiary/aromatic N) is 2. The van der Waals surface area contributed by atoms with Crippen LogP contribution in [0.1, 0.15) is 12.5 Å². The molecule has 1 aliphatic rings. The van der Waals surface area contributed by atoms with Gasteiger partial charge < -0.3 is 4.90 Å². The lowest BCUT2D eigenvalue weighted by atomic mass is 10.2. The largest absolute Gasteiger partial charge is 0.312 e. The van der Waals surface area contributed by atoms with Crippen LogP contribution in [0.25, 0.3) is 10.6 Å². The van der Waals surface area contributed by atoms with E-state index in [1.54, 1.807) is 35.4 Å². The van der Waals surface area contributed by atoms with Crippen LogP contribution in [0, 0.1) is 0 Å². The average Bonchev–Trinajstić information content (AvgIpc) is 3.31. The predicted molar refractivity (Wildman–Crippen MR) is 107 cm³/mol. The first-order chi connectivity index (χ1) is 12.9. The average molecular weight is 399 g/mol. The molecule has 4 rings (SSSR count). The Morgan fingerprint density at radius 2 is 1.96 bits per heavy atom. The number of anilines is 2. The Balaban J connectivity index is 1.56. The summed E-state index contributed by atoms with van der Waals surface area (Å²) in [5.41, 5.74) is 3.08. The van der Waals surface area contributed by atoms with E-state index in [0.717, 1.165) is 21.8 Å². The molecule has 8 heteroatoms. The fourth-order valence-corrected chi connectivity index (χ4v) is 4.89. The highest BCUT2D eigenvalue weighted by atomic mass is 32.2. The van der Waals surface area contributed by atoms with E-state index in [9.17, 15) is 13.2 Å². The van der Waals surface area contributed by atoms with Gasteiger partial charge in [0.1, 0.15) is 5.01 Å². The van der Waals surface area contributed by atoms with E-state index >= 15 is 0 Å². The molecule has 0 spiro atoms. The lowest BCUT2D eigenvalue weighted by molar-refractivity contribution is -0.116. The van der Waals surface area contributed by atoms with Gasteiger partial charge in [-0.1, -0.05) is 0 Å². The van der Waals surface area contributed by atoms with Gasteiger partial charge in [0, 0.05) is 42.0 Å². The molecule has 0 saturated carbocycles. The highest BCUT2D eigenvalue weighted by Gasteiger charge is 2.24. The van der Waals surface area contributed by atoms with Crippen LogP contribution >= 0.6 is 11.3 Å². The van der Waals surface area contributed by atoms with Crippen LogP contribution in [0.5, 0.6) is 0 Å². The Bertz CT molecular complexity index is 1090. The number of fused-ring (bicyclic) bond motifs is 1. The minimum Gasteiger partial charge on any atom is -0.312 e. The normalized spacial score (nSPS) is 13.4. The molecule has 0 radical (unpaired) electrons. The van der Waals surface area contributed by atoms with Gasteiger partial charge >= 0.3 is 0 Å². The number of benzene rings is 2. The van der Waals surface area contributed by atoms with Gasteiger partial charge in [0.25, 0.3) is 10.0 Å².